The molecule has 0 heterocycles. The molecule has 0 aliphatic heterocycles. The van der Waals surface area contributed by atoms with Crippen LogP contribution in [0, 0.1) is 0 Å². The summed E-state index contributed by atoms with van der Waals surface area (Å²) in [6, 6.07) is 17.9. The van der Waals surface area contributed by atoms with E-state index < -0.39 is 10.8 Å². The zero-order valence-electron chi connectivity index (χ0n) is 14.6. The van der Waals surface area contributed by atoms with Gasteiger partial charge in [0.2, 0.25) is 0 Å². The van der Waals surface area contributed by atoms with E-state index >= 15 is 0 Å². The summed E-state index contributed by atoms with van der Waals surface area (Å²) in [4.78, 5) is 0. The minimum Gasteiger partial charge on any atom is -0.748 e. The molecule has 0 fully saturated rings. The molecule has 0 aliphatic carbocycles. The fourth-order valence-corrected chi connectivity index (χ4v) is 3.03. The van der Waals surface area contributed by atoms with Crippen LogP contribution in [0.2, 0.25) is 0 Å². The van der Waals surface area contributed by atoms with E-state index in [2.05, 4.69) is 0 Å². The average molecular weight is 392 g/mol. The number of aliphatic hydroxyl groups is 1. The minimum atomic E-state index is -0.868. The van der Waals surface area contributed by atoms with Crippen LogP contribution in [0.25, 0.3) is 0 Å². The first-order valence-corrected chi connectivity index (χ1v) is 9.26. The Bertz CT molecular complexity index is 498. The molecule has 0 spiro atoms. The molecule has 0 aliphatic rings. The van der Waals surface area contributed by atoms with Gasteiger partial charge < -0.3 is 40.2 Å². The number of rotatable bonds is 7. The summed E-state index contributed by atoms with van der Waals surface area (Å²) in [7, 11) is -0.868. The predicted octanol–water partition coefficient (Wildman–Crippen LogP) is 3.80. The molecule has 0 aromatic heterocycles. The van der Waals surface area contributed by atoms with Gasteiger partial charge in [0.1, 0.15) is 0 Å². The molecule has 0 bridgehead atoms. The molecule has 2 rings (SSSR count). The topological polar surface area (TPSA) is 46.5 Å². The van der Waals surface area contributed by atoms with Crippen molar-refractivity contribution in [2.24, 2.45) is 0 Å². The molecule has 5 heteroatoms. The summed E-state index contributed by atoms with van der Waals surface area (Å²) in [6.45, 7) is 6.28. The van der Waals surface area contributed by atoms with Gasteiger partial charge in [0.25, 0.3) is 0 Å². The average Bonchev–Trinajstić information content (AvgIpc) is 3.21. The van der Waals surface area contributed by atoms with Gasteiger partial charge in [-0.15, -0.1) is 5.56 Å². The van der Waals surface area contributed by atoms with Crippen molar-refractivity contribution in [1.82, 2.24) is 0 Å². The predicted molar refractivity (Wildman–Crippen MR) is 97.2 cm³/mol. The monoisotopic (exact) mass is 392 g/mol. The fraction of sp³-hybridized carbons (Fsp3) is 0.474. The Hall–Kier alpha value is -0.711. The Kier molecular flexibility index (Phi) is 12.2. The molecule has 0 amide bonds. The molecule has 0 saturated carbocycles. The van der Waals surface area contributed by atoms with Gasteiger partial charge in [-0.3, -0.25) is 4.21 Å². The molecular weight excluding hydrogens is 364 g/mol. The molecule has 24 heavy (non-hydrogen) atoms. The molecule has 0 saturated heterocycles. The Morgan fingerprint density at radius 1 is 1.12 bits per heavy atom. The summed E-state index contributed by atoms with van der Waals surface area (Å²) in [5.74, 6) is 0.616. The van der Waals surface area contributed by atoms with E-state index in [0.717, 1.165) is 5.56 Å². The van der Waals surface area contributed by atoms with Gasteiger partial charge in [-0.2, -0.15) is 12.1 Å². The number of hydrogen-bond acceptors (Lipinski definition) is 3. The molecule has 1 N–H and O–H groups in total. The standard InChI is InChI=1S/C14H23O3S.C5H5.Fe/c1-14(2,3)18(16)11-8-13(17-10-9-15)12-6-4-5-7-12;1-2-4-5-3-1;/h4-7,13,15H,8-11H2,1-3H3;1-5H;/q-1;-5;. The second-order valence-electron chi connectivity index (χ2n) is 6.21. The summed E-state index contributed by atoms with van der Waals surface area (Å²) in [5, 5.41) is 8.83. The summed E-state index contributed by atoms with van der Waals surface area (Å²) in [5.41, 5.74) is 1.09. The van der Waals surface area contributed by atoms with Gasteiger partial charge in [-0.05, 0) is 27.2 Å². The molecule has 2 unspecified atom stereocenters. The molecule has 2 aromatic carbocycles. The third kappa shape index (κ3) is 9.55. The zero-order chi connectivity index (χ0) is 17.1. The van der Waals surface area contributed by atoms with Crippen molar-refractivity contribution in [1.29, 1.82) is 0 Å². The van der Waals surface area contributed by atoms with Gasteiger partial charge in [0, 0.05) is 44.5 Å². The van der Waals surface area contributed by atoms with Crippen LogP contribution in [-0.2, 0) is 32.6 Å². The molecule has 2 aromatic rings. The minimum absolute atomic E-state index is 0. The van der Waals surface area contributed by atoms with Crippen molar-refractivity contribution in [3.63, 3.8) is 0 Å². The third-order valence-corrected chi connectivity index (χ3v) is 5.25. The normalized spacial score (nSPS) is 13.3. The van der Waals surface area contributed by atoms with Gasteiger partial charge >= 0.3 is 0 Å². The molecule has 2 atom stereocenters. The second-order valence-corrected chi connectivity index (χ2v) is 8.54. The van der Waals surface area contributed by atoms with Crippen molar-refractivity contribution in [2.45, 2.75) is 38.0 Å². The van der Waals surface area contributed by atoms with Crippen molar-refractivity contribution >= 4 is 10.8 Å². The van der Waals surface area contributed by atoms with Crippen LogP contribution in [0.3, 0.4) is 0 Å². The van der Waals surface area contributed by atoms with Gasteiger partial charge in [0.05, 0.1) is 13.2 Å². The smallest absolute Gasteiger partial charge is 0.0691 e. The van der Waals surface area contributed by atoms with Gasteiger partial charge in [0.15, 0.2) is 0 Å². The van der Waals surface area contributed by atoms with Crippen molar-refractivity contribution in [3.05, 3.63) is 60.2 Å². The number of aliphatic hydroxyl groups excluding tert-OH is 1. The Morgan fingerprint density at radius 3 is 2.04 bits per heavy atom. The Morgan fingerprint density at radius 2 is 1.62 bits per heavy atom. The van der Waals surface area contributed by atoms with E-state index in [-0.39, 0.29) is 34.5 Å². The van der Waals surface area contributed by atoms with Crippen LogP contribution < -0.4 is 0 Å². The molecule has 3 nitrogen and oxygen atoms in total. The third-order valence-electron chi connectivity index (χ3n) is 3.27. The van der Waals surface area contributed by atoms with Crippen molar-refractivity contribution in [2.75, 3.05) is 19.0 Å². The van der Waals surface area contributed by atoms with Gasteiger partial charge in [-0.25, -0.2) is 12.1 Å². The van der Waals surface area contributed by atoms with E-state index in [1.54, 1.807) is 0 Å². The van der Waals surface area contributed by atoms with Crippen molar-refractivity contribution in [3.8, 4) is 0 Å². The van der Waals surface area contributed by atoms with Gasteiger partial charge in [-0.1, -0.05) is 0 Å². The zero-order valence-corrected chi connectivity index (χ0v) is 16.5. The van der Waals surface area contributed by atoms with Crippen LogP contribution in [0.1, 0.15) is 38.9 Å². The first-order valence-electron chi connectivity index (χ1n) is 7.94. The molecular formula is C19H28FeO3S-6. The maximum absolute atomic E-state index is 12.0. The second kappa shape index (κ2) is 12.6. The van der Waals surface area contributed by atoms with Crippen LogP contribution in [0.4, 0.5) is 0 Å². The van der Waals surface area contributed by atoms with E-state index in [9.17, 15) is 4.21 Å². The molecule has 0 radical (unpaired) electrons. The van der Waals surface area contributed by atoms with Crippen LogP contribution >= 0.6 is 0 Å². The largest absolute Gasteiger partial charge is 0.748 e. The first kappa shape index (κ1) is 23.3. The SMILES string of the molecule is CC(C)(C)S(=O)CCC(OCCO)[c-]1cccc1.[Fe].[cH-]1[cH-][cH-][cH-][cH-]1. The summed E-state index contributed by atoms with van der Waals surface area (Å²) in [6.07, 6.45) is 0.645. The van der Waals surface area contributed by atoms with Crippen LogP contribution in [0.15, 0.2) is 54.6 Å². The molecule has 142 valence electrons. The van der Waals surface area contributed by atoms with E-state index in [1.807, 2.05) is 75.4 Å². The Labute approximate surface area is 159 Å². The summed E-state index contributed by atoms with van der Waals surface area (Å²) >= 11 is 0. The van der Waals surface area contributed by atoms with E-state index in [4.69, 9.17) is 9.84 Å². The first-order chi connectivity index (χ1) is 10.9. The number of ether oxygens (including phenoxy) is 1. The Balaban J connectivity index is 0.000000751. The maximum Gasteiger partial charge on any atom is 0.0691 e. The number of hydrogen-bond donors (Lipinski definition) is 1. The summed E-state index contributed by atoms with van der Waals surface area (Å²) < 4.78 is 17.4. The quantitative estimate of drug-likeness (QED) is 0.576. The van der Waals surface area contributed by atoms with E-state index in [0.29, 0.717) is 18.8 Å². The van der Waals surface area contributed by atoms with Crippen molar-refractivity contribution < 1.29 is 31.1 Å². The van der Waals surface area contributed by atoms with E-state index in [1.165, 1.54) is 0 Å². The fourth-order valence-electron chi connectivity index (χ4n) is 1.99. The maximum atomic E-state index is 12.0. The van der Waals surface area contributed by atoms with Crippen LogP contribution in [-0.4, -0.2) is 33.0 Å². The van der Waals surface area contributed by atoms with Crippen LogP contribution in [0.5, 0.6) is 0 Å².